The standard InChI is InChI=1S/C14H10Cl3NOS/c15-10-3-1-9(2-4-10)8-18-6-5-12(19)11-7-13(16)20-14(11)17/h1-7,18H,8H2/b6-5+. The van der Waals surface area contributed by atoms with Crippen LogP contribution in [0.5, 0.6) is 0 Å². The molecular formula is C14H10Cl3NOS. The molecule has 0 aliphatic rings. The molecule has 0 amide bonds. The molecule has 1 aromatic heterocycles. The molecule has 1 N–H and O–H groups in total. The second-order valence-electron chi connectivity index (χ2n) is 3.94. The van der Waals surface area contributed by atoms with Gasteiger partial charge in [0.15, 0.2) is 5.78 Å². The molecule has 0 spiro atoms. The van der Waals surface area contributed by atoms with Gasteiger partial charge in [0.1, 0.15) is 4.34 Å². The van der Waals surface area contributed by atoms with Crippen LogP contribution in [0.2, 0.25) is 13.7 Å². The Morgan fingerprint density at radius 3 is 2.50 bits per heavy atom. The Kier molecular flexibility index (Phi) is 5.49. The topological polar surface area (TPSA) is 29.1 Å². The summed E-state index contributed by atoms with van der Waals surface area (Å²) in [5.74, 6) is -0.179. The summed E-state index contributed by atoms with van der Waals surface area (Å²) >= 11 is 18.7. The van der Waals surface area contributed by atoms with E-state index in [4.69, 9.17) is 34.8 Å². The molecule has 0 fully saturated rings. The van der Waals surface area contributed by atoms with Crippen molar-refractivity contribution in [1.29, 1.82) is 0 Å². The lowest BCUT2D eigenvalue weighted by atomic mass is 10.2. The molecule has 2 rings (SSSR count). The molecule has 0 aliphatic heterocycles. The number of allylic oxidation sites excluding steroid dienone is 1. The van der Waals surface area contributed by atoms with E-state index in [2.05, 4.69) is 5.32 Å². The normalized spacial score (nSPS) is 10.9. The van der Waals surface area contributed by atoms with Crippen molar-refractivity contribution in [2.24, 2.45) is 0 Å². The zero-order valence-corrected chi connectivity index (χ0v) is 13.3. The van der Waals surface area contributed by atoms with Crippen LogP contribution in [0.25, 0.3) is 0 Å². The maximum atomic E-state index is 11.9. The minimum Gasteiger partial charge on any atom is -0.387 e. The third-order valence-corrected chi connectivity index (χ3v) is 4.23. The fraction of sp³-hybridized carbons (Fsp3) is 0.0714. The van der Waals surface area contributed by atoms with E-state index < -0.39 is 0 Å². The van der Waals surface area contributed by atoms with Gasteiger partial charge < -0.3 is 5.32 Å². The molecule has 20 heavy (non-hydrogen) atoms. The quantitative estimate of drug-likeness (QED) is 0.596. The summed E-state index contributed by atoms with van der Waals surface area (Å²) in [6.07, 6.45) is 3.03. The summed E-state index contributed by atoms with van der Waals surface area (Å²) < 4.78 is 0.906. The van der Waals surface area contributed by atoms with Gasteiger partial charge in [0.05, 0.1) is 9.90 Å². The zero-order chi connectivity index (χ0) is 14.5. The summed E-state index contributed by atoms with van der Waals surface area (Å²) in [6, 6.07) is 9.04. The first-order valence-corrected chi connectivity index (χ1v) is 7.65. The summed E-state index contributed by atoms with van der Waals surface area (Å²) in [6.45, 7) is 0.610. The second-order valence-corrected chi connectivity index (χ2v) is 6.66. The molecule has 0 bridgehead atoms. The van der Waals surface area contributed by atoms with Crippen LogP contribution >= 0.6 is 46.1 Å². The first-order valence-electron chi connectivity index (χ1n) is 5.70. The fourth-order valence-corrected chi connectivity index (χ4v) is 3.11. The van der Waals surface area contributed by atoms with Crippen LogP contribution in [-0.4, -0.2) is 5.78 Å². The van der Waals surface area contributed by atoms with Gasteiger partial charge in [0.2, 0.25) is 0 Å². The molecule has 0 unspecified atom stereocenters. The van der Waals surface area contributed by atoms with E-state index in [0.29, 0.717) is 25.8 Å². The first-order chi connectivity index (χ1) is 9.56. The van der Waals surface area contributed by atoms with Gasteiger partial charge in [-0.25, -0.2) is 0 Å². The molecule has 2 nitrogen and oxygen atoms in total. The van der Waals surface area contributed by atoms with Gasteiger partial charge in [0, 0.05) is 23.8 Å². The van der Waals surface area contributed by atoms with Gasteiger partial charge in [-0.1, -0.05) is 46.9 Å². The van der Waals surface area contributed by atoms with Crippen molar-refractivity contribution in [3.63, 3.8) is 0 Å². The van der Waals surface area contributed by atoms with E-state index in [1.165, 1.54) is 17.4 Å². The average Bonchev–Trinajstić information content (AvgIpc) is 2.75. The minimum absolute atomic E-state index is 0.179. The van der Waals surface area contributed by atoms with Crippen LogP contribution in [-0.2, 0) is 6.54 Å². The highest BCUT2D eigenvalue weighted by Crippen LogP contribution is 2.31. The first kappa shape index (κ1) is 15.4. The molecular weight excluding hydrogens is 337 g/mol. The molecule has 0 saturated carbocycles. The van der Waals surface area contributed by atoms with Crippen LogP contribution in [0.4, 0.5) is 0 Å². The third-order valence-electron chi connectivity index (χ3n) is 2.49. The molecule has 6 heteroatoms. The van der Waals surface area contributed by atoms with E-state index in [1.54, 1.807) is 12.3 Å². The molecule has 1 heterocycles. The third kappa shape index (κ3) is 4.25. The summed E-state index contributed by atoms with van der Waals surface area (Å²) in [4.78, 5) is 11.9. The number of thiophene rings is 1. The highest BCUT2D eigenvalue weighted by atomic mass is 35.5. The Labute approximate surface area is 136 Å². The number of halogens is 3. The number of carbonyl (C=O) groups excluding carboxylic acids is 1. The van der Waals surface area contributed by atoms with Crippen LogP contribution in [0.15, 0.2) is 42.6 Å². The number of benzene rings is 1. The monoisotopic (exact) mass is 345 g/mol. The Hall–Kier alpha value is -1.000. The predicted molar refractivity (Wildman–Crippen MR) is 86.1 cm³/mol. The Balaban J connectivity index is 1.89. The largest absolute Gasteiger partial charge is 0.387 e. The van der Waals surface area contributed by atoms with Gasteiger partial charge in [0.25, 0.3) is 0 Å². The molecule has 0 saturated heterocycles. The smallest absolute Gasteiger partial charge is 0.189 e. The van der Waals surface area contributed by atoms with Crippen LogP contribution in [0.3, 0.4) is 0 Å². The number of hydrogen-bond donors (Lipinski definition) is 1. The van der Waals surface area contributed by atoms with Crippen molar-refractivity contribution in [2.75, 3.05) is 0 Å². The predicted octanol–water partition coefficient (Wildman–Crippen LogP) is 5.19. The van der Waals surface area contributed by atoms with Gasteiger partial charge in [-0.2, -0.15) is 0 Å². The molecule has 0 aliphatic carbocycles. The average molecular weight is 347 g/mol. The minimum atomic E-state index is -0.179. The summed E-state index contributed by atoms with van der Waals surface area (Å²) in [7, 11) is 0. The lowest BCUT2D eigenvalue weighted by Gasteiger charge is -2.01. The molecule has 1 aromatic carbocycles. The van der Waals surface area contributed by atoms with Crippen molar-refractivity contribution in [3.05, 3.63) is 67.4 Å². The van der Waals surface area contributed by atoms with E-state index in [-0.39, 0.29) is 5.78 Å². The van der Waals surface area contributed by atoms with Crippen molar-refractivity contribution >= 4 is 51.9 Å². The summed E-state index contributed by atoms with van der Waals surface area (Å²) in [5, 5.41) is 3.73. The van der Waals surface area contributed by atoms with Crippen molar-refractivity contribution < 1.29 is 4.79 Å². The lowest BCUT2D eigenvalue weighted by Crippen LogP contribution is -2.05. The molecule has 2 aromatic rings. The van der Waals surface area contributed by atoms with Gasteiger partial charge >= 0.3 is 0 Å². The number of rotatable bonds is 5. The van der Waals surface area contributed by atoms with Gasteiger partial charge in [-0.3, -0.25) is 4.79 Å². The Morgan fingerprint density at radius 1 is 1.20 bits per heavy atom. The molecule has 104 valence electrons. The summed E-state index contributed by atoms with van der Waals surface area (Å²) in [5.41, 5.74) is 1.49. The van der Waals surface area contributed by atoms with Crippen LogP contribution < -0.4 is 5.32 Å². The highest BCUT2D eigenvalue weighted by molar-refractivity contribution is 7.20. The second kappa shape index (κ2) is 7.14. The maximum Gasteiger partial charge on any atom is 0.189 e. The highest BCUT2D eigenvalue weighted by Gasteiger charge is 2.11. The fourth-order valence-electron chi connectivity index (χ4n) is 1.51. The van der Waals surface area contributed by atoms with Crippen molar-refractivity contribution in [2.45, 2.75) is 6.54 Å². The maximum absolute atomic E-state index is 11.9. The zero-order valence-electron chi connectivity index (χ0n) is 10.2. The lowest BCUT2D eigenvalue weighted by molar-refractivity contribution is 0.104. The van der Waals surface area contributed by atoms with Crippen molar-refractivity contribution in [1.82, 2.24) is 5.32 Å². The van der Waals surface area contributed by atoms with Gasteiger partial charge in [-0.05, 0) is 23.8 Å². The number of carbonyl (C=O) groups is 1. The molecule has 0 radical (unpaired) electrons. The van der Waals surface area contributed by atoms with Gasteiger partial charge in [-0.15, -0.1) is 11.3 Å². The Morgan fingerprint density at radius 2 is 1.90 bits per heavy atom. The number of nitrogens with one attached hydrogen (secondary N) is 1. The van der Waals surface area contributed by atoms with Crippen LogP contribution in [0, 0.1) is 0 Å². The number of hydrogen-bond acceptors (Lipinski definition) is 3. The van der Waals surface area contributed by atoms with E-state index in [0.717, 1.165) is 5.56 Å². The van der Waals surface area contributed by atoms with E-state index in [9.17, 15) is 4.79 Å². The van der Waals surface area contributed by atoms with E-state index in [1.807, 2.05) is 24.3 Å². The molecule has 0 atom stereocenters. The van der Waals surface area contributed by atoms with E-state index >= 15 is 0 Å². The SMILES string of the molecule is O=C(/C=C/NCc1ccc(Cl)cc1)c1cc(Cl)sc1Cl. The Bertz CT molecular complexity index is 634. The van der Waals surface area contributed by atoms with Crippen LogP contribution in [0.1, 0.15) is 15.9 Å². The van der Waals surface area contributed by atoms with Crippen molar-refractivity contribution in [3.8, 4) is 0 Å². The number of ketones is 1.